The van der Waals surface area contributed by atoms with Gasteiger partial charge in [-0.05, 0) is 36.4 Å². The minimum Gasteiger partial charge on any atom is -0.296 e. The normalized spacial score (nSPS) is 11.8. The summed E-state index contributed by atoms with van der Waals surface area (Å²) in [5.74, 6) is -0.321. The number of hydrogen-bond acceptors (Lipinski definition) is 4. The van der Waals surface area contributed by atoms with E-state index in [0.29, 0.717) is 11.3 Å². The number of imidazole rings is 1. The fraction of sp³-hybridized carbons (Fsp3) is 0.0526. The third-order valence-electron chi connectivity index (χ3n) is 4.10. The van der Waals surface area contributed by atoms with Gasteiger partial charge in [-0.2, -0.15) is 0 Å². The minimum atomic E-state index is -3.27. The predicted molar refractivity (Wildman–Crippen MR) is 96.9 cm³/mol. The topological polar surface area (TPSA) is 64.3 Å². The molecule has 0 atom stereocenters. The maximum absolute atomic E-state index is 13.3. The monoisotopic (exact) mass is 367 g/mol. The summed E-state index contributed by atoms with van der Waals surface area (Å²) in [6.07, 6.45) is 6.25. The van der Waals surface area contributed by atoms with Crippen LogP contribution >= 0.6 is 0 Å². The van der Waals surface area contributed by atoms with Crippen LogP contribution in [0.15, 0.2) is 72.0 Å². The first kappa shape index (κ1) is 16.4. The van der Waals surface area contributed by atoms with Gasteiger partial charge in [-0.25, -0.2) is 17.8 Å². The van der Waals surface area contributed by atoms with Crippen molar-refractivity contribution in [2.75, 3.05) is 6.26 Å². The zero-order chi connectivity index (χ0) is 18.3. The van der Waals surface area contributed by atoms with Crippen LogP contribution in [0.25, 0.3) is 28.2 Å². The molecule has 0 N–H and O–H groups in total. The lowest BCUT2D eigenvalue weighted by molar-refractivity contribution is 0.602. The minimum absolute atomic E-state index is 0.250. The van der Waals surface area contributed by atoms with E-state index < -0.39 is 9.84 Å². The molecule has 0 amide bonds. The number of halogens is 1. The van der Waals surface area contributed by atoms with Crippen LogP contribution < -0.4 is 0 Å². The number of rotatable bonds is 3. The second-order valence-corrected chi connectivity index (χ2v) is 7.93. The van der Waals surface area contributed by atoms with Gasteiger partial charge >= 0.3 is 0 Å². The average Bonchev–Trinajstić information content (AvgIpc) is 3.01. The summed E-state index contributed by atoms with van der Waals surface area (Å²) in [7, 11) is -3.27. The number of benzene rings is 2. The Bertz CT molecular complexity index is 1200. The summed E-state index contributed by atoms with van der Waals surface area (Å²) in [6.45, 7) is 0. The van der Waals surface area contributed by atoms with Crippen LogP contribution in [-0.4, -0.2) is 29.0 Å². The Kier molecular flexibility index (Phi) is 3.81. The Hall–Kier alpha value is -3.06. The highest BCUT2D eigenvalue weighted by Gasteiger charge is 2.17. The Labute approximate surface area is 149 Å². The van der Waals surface area contributed by atoms with Gasteiger partial charge in [0.25, 0.3) is 0 Å². The van der Waals surface area contributed by atoms with Crippen molar-refractivity contribution in [3.05, 3.63) is 72.9 Å². The number of nitrogens with zero attached hydrogens (tertiary/aromatic N) is 3. The van der Waals surface area contributed by atoms with E-state index in [1.807, 2.05) is 4.40 Å². The molecule has 2 aromatic carbocycles. The highest BCUT2D eigenvalue weighted by molar-refractivity contribution is 7.90. The third-order valence-corrected chi connectivity index (χ3v) is 5.23. The van der Waals surface area contributed by atoms with Gasteiger partial charge in [-0.1, -0.05) is 12.1 Å². The molecule has 5 nitrogen and oxygen atoms in total. The van der Waals surface area contributed by atoms with E-state index >= 15 is 0 Å². The van der Waals surface area contributed by atoms with E-state index in [4.69, 9.17) is 0 Å². The van der Waals surface area contributed by atoms with Gasteiger partial charge in [0.05, 0.1) is 22.5 Å². The Morgan fingerprint density at radius 1 is 0.962 bits per heavy atom. The number of aromatic nitrogens is 3. The lowest BCUT2D eigenvalue weighted by Crippen LogP contribution is -1.97. The van der Waals surface area contributed by atoms with Crippen molar-refractivity contribution in [2.24, 2.45) is 0 Å². The van der Waals surface area contributed by atoms with Crippen LogP contribution in [0.3, 0.4) is 0 Å². The number of fused-ring (bicyclic) bond motifs is 1. The molecule has 4 aromatic rings. The van der Waals surface area contributed by atoms with Crippen LogP contribution in [0.1, 0.15) is 0 Å². The molecule has 26 heavy (non-hydrogen) atoms. The fourth-order valence-electron chi connectivity index (χ4n) is 2.85. The number of hydrogen-bond donors (Lipinski definition) is 0. The van der Waals surface area contributed by atoms with Gasteiger partial charge < -0.3 is 0 Å². The van der Waals surface area contributed by atoms with Gasteiger partial charge in [0.15, 0.2) is 15.5 Å². The van der Waals surface area contributed by atoms with Crippen LogP contribution in [0, 0.1) is 5.82 Å². The first-order valence-corrected chi connectivity index (χ1v) is 9.71. The molecular weight excluding hydrogens is 353 g/mol. The van der Waals surface area contributed by atoms with Crippen molar-refractivity contribution in [3.63, 3.8) is 0 Å². The quantitative estimate of drug-likeness (QED) is 0.555. The van der Waals surface area contributed by atoms with Crippen LogP contribution in [-0.2, 0) is 9.84 Å². The molecule has 0 bridgehead atoms. The molecule has 0 aliphatic carbocycles. The molecule has 0 fully saturated rings. The van der Waals surface area contributed by atoms with E-state index in [2.05, 4.69) is 9.97 Å². The second kappa shape index (κ2) is 6.03. The molecule has 0 saturated heterocycles. The SMILES string of the molecule is CS(=O)(=O)c1ccc(-c2c(-c3ccc(F)cc3)nc3cnccn23)cc1. The number of sulfone groups is 1. The Balaban J connectivity index is 1.96. The smallest absolute Gasteiger partial charge is 0.175 e. The van der Waals surface area contributed by atoms with Gasteiger partial charge in [0.1, 0.15) is 5.82 Å². The van der Waals surface area contributed by atoms with Gasteiger partial charge in [-0.3, -0.25) is 9.38 Å². The van der Waals surface area contributed by atoms with Crippen molar-refractivity contribution in [2.45, 2.75) is 4.90 Å². The van der Waals surface area contributed by atoms with E-state index in [9.17, 15) is 12.8 Å². The molecule has 2 heterocycles. The van der Waals surface area contributed by atoms with Crippen molar-refractivity contribution in [1.82, 2.24) is 14.4 Å². The molecule has 130 valence electrons. The highest BCUT2D eigenvalue weighted by Crippen LogP contribution is 2.33. The second-order valence-electron chi connectivity index (χ2n) is 5.92. The fourth-order valence-corrected chi connectivity index (χ4v) is 3.48. The van der Waals surface area contributed by atoms with Gasteiger partial charge in [0, 0.05) is 29.8 Å². The van der Waals surface area contributed by atoms with E-state index in [1.54, 1.807) is 55.0 Å². The maximum atomic E-state index is 13.3. The van der Waals surface area contributed by atoms with Crippen molar-refractivity contribution in [1.29, 1.82) is 0 Å². The lowest BCUT2D eigenvalue weighted by atomic mass is 10.0. The molecule has 0 aliphatic heterocycles. The zero-order valence-electron chi connectivity index (χ0n) is 13.8. The van der Waals surface area contributed by atoms with E-state index in [1.165, 1.54) is 18.4 Å². The van der Waals surface area contributed by atoms with Crippen LogP contribution in [0.2, 0.25) is 0 Å². The molecule has 2 aromatic heterocycles. The average molecular weight is 367 g/mol. The predicted octanol–water partition coefficient (Wildman–Crippen LogP) is 3.61. The summed E-state index contributed by atoms with van der Waals surface area (Å²) >= 11 is 0. The molecule has 0 aliphatic rings. The molecule has 0 saturated carbocycles. The van der Waals surface area contributed by atoms with Crippen molar-refractivity contribution < 1.29 is 12.8 Å². The van der Waals surface area contributed by atoms with Crippen molar-refractivity contribution in [3.8, 4) is 22.5 Å². The lowest BCUT2D eigenvalue weighted by Gasteiger charge is -2.07. The molecular formula is C19H14FN3O2S. The molecule has 0 unspecified atom stereocenters. The largest absolute Gasteiger partial charge is 0.296 e. The summed E-state index contributed by atoms with van der Waals surface area (Å²) in [5, 5.41) is 0. The summed E-state index contributed by atoms with van der Waals surface area (Å²) in [6, 6.07) is 12.7. The van der Waals surface area contributed by atoms with Gasteiger partial charge in [0.2, 0.25) is 0 Å². The first-order chi connectivity index (χ1) is 12.4. The molecule has 0 radical (unpaired) electrons. The Morgan fingerprint density at radius 2 is 1.62 bits per heavy atom. The van der Waals surface area contributed by atoms with Crippen molar-refractivity contribution >= 4 is 15.5 Å². The summed E-state index contributed by atoms with van der Waals surface area (Å²) in [5.41, 5.74) is 3.67. The molecule has 7 heteroatoms. The zero-order valence-corrected chi connectivity index (χ0v) is 14.6. The van der Waals surface area contributed by atoms with E-state index in [-0.39, 0.29) is 10.7 Å². The van der Waals surface area contributed by atoms with Crippen LogP contribution in [0.5, 0.6) is 0 Å². The third kappa shape index (κ3) is 2.86. The molecule has 0 spiro atoms. The van der Waals surface area contributed by atoms with Crippen LogP contribution in [0.4, 0.5) is 4.39 Å². The standard InChI is InChI=1S/C19H14FN3O2S/c1-26(24,25)16-8-4-14(5-9-16)19-18(13-2-6-15(20)7-3-13)22-17-12-21-10-11-23(17)19/h2-12H,1H3. The highest BCUT2D eigenvalue weighted by atomic mass is 32.2. The molecule has 4 rings (SSSR count). The summed E-state index contributed by atoms with van der Waals surface area (Å²) < 4.78 is 38.6. The maximum Gasteiger partial charge on any atom is 0.175 e. The van der Waals surface area contributed by atoms with Gasteiger partial charge in [-0.15, -0.1) is 0 Å². The Morgan fingerprint density at radius 3 is 2.27 bits per heavy atom. The summed E-state index contributed by atoms with van der Waals surface area (Å²) in [4.78, 5) is 8.96. The first-order valence-electron chi connectivity index (χ1n) is 7.82. The van der Waals surface area contributed by atoms with E-state index in [0.717, 1.165) is 16.8 Å².